The van der Waals surface area contributed by atoms with E-state index in [0.29, 0.717) is 11.2 Å². The molecule has 0 amide bonds. The highest BCUT2D eigenvalue weighted by Gasteiger charge is 2.09. The molecule has 2 rings (SSSR count). The zero-order valence-corrected chi connectivity index (χ0v) is 10.4. The van der Waals surface area contributed by atoms with Gasteiger partial charge in [-0.15, -0.1) is 0 Å². The van der Waals surface area contributed by atoms with Crippen molar-refractivity contribution in [3.8, 4) is 0 Å². The molecule has 16 heavy (non-hydrogen) atoms. The van der Waals surface area contributed by atoms with E-state index in [1.807, 2.05) is 28.5 Å². The summed E-state index contributed by atoms with van der Waals surface area (Å²) in [5.41, 5.74) is 7.64. The summed E-state index contributed by atoms with van der Waals surface area (Å²) >= 11 is 1.86. The average Bonchev–Trinajstić information content (AvgIpc) is 2.62. The Morgan fingerprint density at radius 1 is 1.56 bits per heavy atom. The fourth-order valence-electron chi connectivity index (χ4n) is 1.63. The quantitative estimate of drug-likeness (QED) is 0.883. The molecule has 0 saturated heterocycles. The Morgan fingerprint density at radius 3 is 3.12 bits per heavy atom. The first-order valence-electron chi connectivity index (χ1n) is 5.32. The average molecular weight is 236 g/mol. The maximum Gasteiger partial charge on any atom is 0.202 e. The highest BCUT2D eigenvalue weighted by molar-refractivity contribution is 7.99. The van der Waals surface area contributed by atoms with Crippen LogP contribution in [0.25, 0.3) is 11.2 Å². The Morgan fingerprint density at radius 2 is 2.38 bits per heavy atom. The largest absolute Gasteiger partial charge is 0.369 e. The van der Waals surface area contributed by atoms with Crippen LogP contribution < -0.4 is 5.73 Å². The number of pyridine rings is 1. The minimum atomic E-state index is 0.557. The summed E-state index contributed by atoms with van der Waals surface area (Å²) in [6, 6.07) is 3.82. The Kier molecular flexibility index (Phi) is 3.33. The van der Waals surface area contributed by atoms with E-state index in [0.717, 1.165) is 24.1 Å². The van der Waals surface area contributed by atoms with Crippen molar-refractivity contribution in [1.29, 1.82) is 0 Å². The van der Waals surface area contributed by atoms with Crippen LogP contribution in [0, 0.1) is 0 Å². The number of fused-ring (bicyclic) bond motifs is 1. The smallest absolute Gasteiger partial charge is 0.202 e. The van der Waals surface area contributed by atoms with Gasteiger partial charge in [0.25, 0.3) is 0 Å². The molecule has 0 bridgehead atoms. The van der Waals surface area contributed by atoms with Gasteiger partial charge in [0.05, 0.1) is 0 Å². The molecule has 0 radical (unpaired) electrons. The third-order valence-electron chi connectivity index (χ3n) is 2.69. The summed E-state index contributed by atoms with van der Waals surface area (Å²) in [4.78, 5) is 8.61. The van der Waals surface area contributed by atoms with E-state index in [9.17, 15) is 0 Å². The van der Waals surface area contributed by atoms with Crippen LogP contribution in [0.1, 0.15) is 13.3 Å². The van der Waals surface area contributed by atoms with Gasteiger partial charge in [-0.25, -0.2) is 9.97 Å². The van der Waals surface area contributed by atoms with Crippen LogP contribution >= 0.6 is 11.8 Å². The monoisotopic (exact) mass is 236 g/mol. The highest BCUT2D eigenvalue weighted by atomic mass is 32.2. The Balaban J connectivity index is 2.26. The molecular formula is C11H16N4S. The van der Waals surface area contributed by atoms with Crippen molar-refractivity contribution < 1.29 is 0 Å². The molecule has 0 spiro atoms. The van der Waals surface area contributed by atoms with Gasteiger partial charge in [-0.05, 0) is 24.8 Å². The molecule has 0 aliphatic heterocycles. The molecule has 4 nitrogen and oxygen atoms in total. The molecule has 1 unspecified atom stereocenters. The van der Waals surface area contributed by atoms with Crippen LogP contribution in [-0.4, -0.2) is 26.0 Å². The summed E-state index contributed by atoms with van der Waals surface area (Å²) in [5.74, 6) is 0.557. The lowest BCUT2D eigenvalue weighted by molar-refractivity contribution is 0.658. The number of nitrogens with zero attached hydrogens (tertiary/aromatic N) is 3. The minimum absolute atomic E-state index is 0.557. The second-order valence-electron chi connectivity index (χ2n) is 3.80. The van der Waals surface area contributed by atoms with Gasteiger partial charge in [0.2, 0.25) is 5.95 Å². The second kappa shape index (κ2) is 4.74. The van der Waals surface area contributed by atoms with Crippen LogP contribution in [-0.2, 0) is 6.54 Å². The molecule has 0 saturated carbocycles. The number of thioether (sulfide) groups is 1. The summed E-state index contributed by atoms with van der Waals surface area (Å²) in [6.45, 7) is 3.09. The normalized spacial score (nSPS) is 13.1. The lowest BCUT2D eigenvalue weighted by Crippen LogP contribution is -2.08. The highest BCUT2D eigenvalue weighted by Crippen LogP contribution is 2.18. The van der Waals surface area contributed by atoms with E-state index in [4.69, 9.17) is 5.73 Å². The topological polar surface area (TPSA) is 56.7 Å². The summed E-state index contributed by atoms with van der Waals surface area (Å²) in [5, 5.41) is 0.626. The predicted molar refractivity (Wildman–Crippen MR) is 69.5 cm³/mol. The molecule has 0 aliphatic rings. The molecule has 2 N–H and O–H groups in total. The van der Waals surface area contributed by atoms with Gasteiger partial charge in [0, 0.05) is 18.0 Å². The van der Waals surface area contributed by atoms with E-state index in [1.165, 1.54) is 0 Å². The molecule has 2 aromatic rings. The number of rotatable bonds is 4. The van der Waals surface area contributed by atoms with Crippen LogP contribution in [0.15, 0.2) is 18.3 Å². The first-order valence-corrected chi connectivity index (χ1v) is 6.60. The van der Waals surface area contributed by atoms with E-state index in [2.05, 4.69) is 23.1 Å². The number of hydrogen-bond acceptors (Lipinski definition) is 4. The number of aryl methyl sites for hydroxylation is 1. The van der Waals surface area contributed by atoms with Gasteiger partial charge in [-0.3, -0.25) is 4.57 Å². The Hall–Kier alpha value is -1.23. The van der Waals surface area contributed by atoms with E-state index in [-0.39, 0.29) is 0 Å². The van der Waals surface area contributed by atoms with E-state index in [1.54, 1.807) is 6.20 Å². The molecule has 0 aliphatic carbocycles. The lowest BCUT2D eigenvalue weighted by atomic mass is 10.3. The van der Waals surface area contributed by atoms with Crippen molar-refractivity contribution in [3.63, 3.8) is 0 Å². The fourth-order valence-corrected chi connectivity index (χ4v) is 1.97. The molecule has 5 heteroatoms. The van der Waals surface area contributed by atoms with Crippen molar-refractivity contribution in [2.45, 2.75) is 25.1 Å². The number of hydrogen-bond donors (Lipinski definition) is 1. The van der Waals surface area contributed by atoms with Crippen LogP contribution in [0.2, 0.25) is 0 Å². The third kappa shape index (κ3) is 2.14. The molecular weight excluding hydrogens is 220 g/mol. The van der Waals surface area contributed by atoms with Crippen LogP contribution in [0.4, 0.5) is 5.95 Å². The zero-order valence-electron chi connectivity index (χ0n) is 9.55. The van der Waals surface area contributed by atoms with Gasteiger partial charge in [-0.2, -0.15) is 11.8 Å². The van der Waals surface area contributed by atoms with Gasteiger partial charge in [0.1, 0.15) is 5.52 Å². The lowest BCUT2D eigenvalue weighted by Gasteiger charge is -2.09. The first kappa shape index (κ1) is 11.3. The minimum Gasteiger partial charge on any atom is -0.369 e. The molecule has 2 heterocycles. The third-order valence-corrected chi connectivity index (χ3v) is 3.74. The van der Waals surface area contributed by atoms with Crippen LogP contribution in [0.3, 0.4) is 0 Å². The Bertz CT molecular complexity index is 480. The number of aromatic nitrogens is 3. The van der Waals surface area contributed by atoms with Crippen LogP contribution in [0.5, 0.6) is 0 Å². The predicted octanol–water partition coefficient (Wildman–Crippen LogP) is 2.16. The maximum absolute atomic E-state index is 5.89. The summed E-state index contributed by atoms with van der Waals surface area (Å²) in [7, 11) is 0. The van der Waals surface area contributed by atoms with Crippen molar-refractivity contribution in [1.82, 2.24) is 14.5 Å². The molecule has 0 aromatic carbocycles. The summed E-state index contributed by atoms with van der Waals surface area (Å²) < 4.78 is 1.99. The molecule has 86 valence electrons. The fraction of sp³-hybridized carbons (Fsp3) is 0.455. The molecule has 0 fully saturated rings. The van der Waals surface area contributed by atoms with Gasteiger partial charge in [0.15, 0.2) is 5.65 Å². The number of anilines is 1. The summed E-state index contributed by atoms with van der Waals surface area (Å²) in [6.07, 6.45) is 4.98. The maximum atomic E-state index is 5.89. The SMILES string of the molecule is CSC(C)CCn1c(N)nc2cccnc21. The zero-order chi connectivity index (χ0) is 11.5. The Labute approximate surface area is 99.3 Å². The van der Waals surface area contributed by atoms with Gasteiger partial charge < -0.3 is 5.73 Å². The van der Waals surface area contributed by atoms with Gasteiger partial charge >= 0.3 is 0 Å². The number of nitrogen functional groups attached to an aromatic ring is 1. The molecule has 2 aromatic heterocycles. The van der Waals surface area contributed by atoms with E-state index >= 15 is 0 Å². The second-order valence-corrected chi connectivity index (χ2v) is 5.08. The van der Waals surface area contributed by atoms with Crippen molar-refractivity contribution in [3.05, 3.63) is 18.3 Å². The van der Waals surface area contributed by atoms with E-state index < -0.39 is 0 Å². The molecule has 1 atom stereocenters. The van der Waals surface area contributed by atoms with Crippen molar-refractivity contribution in [2.24, 2.45) is 0 Å². The van der Waals surface area contributed by atoms with Crippen molar-refractivity contribution in [2.75, 3.05) is 12.0 Å². The number of nitrogens with two attached hydrogens (primary N) is 1. The van der Waals surface area contributed by atoms with Gasteiger partial charge in [-0.1, -0.05) is 6.92 Å². The number of imidazole rings is 1. The standard InChI is InChI=1S/C11H16N4S/c1-8(16-2)5-7-15-10-9(14-11(15)12)4-3-6-13-10/h3-4,6,8H,5,7H2,1-2H3,(H2,12,14). The first-order chi connectivity index (χ1) is 7.72. The van der Waals surface area contributed by atoms with Crippen molar-refractivity contribution >= 4 is 28.9 Å².